The van der Waals surface area contributed by atoms with E-state index in [9.17, 15) is 8.42 Å². The molecule has 0 aromatic heterocycles. The van der Waals surface area contributed by atoms with Gasteiger partial charge in [0.1, 0.15) is 11.6 Å². The summed E-state index contributed by atoms with van der Waals surface area (Å²) in [6.45, 7) is 0. The minimum Gasteiger partial charge on any atom is -0.508 e. The topological polar surface area (TPSA) is 66.4 Å². The second-order valence-corrected chi connectivity index (χ2v) is 4.57. The molecule has 0 amide bonds. The lowest BCUT2D eigenvalue weighted by Gasteiger charge is -1.96. The zero-order valence-electron chi connectivity index (χ0n) is 6.11. The predicted molar refractivity (Wildman–Crippen MR) is 43.8 cm³/mol. The third-order valence-corrected chi connectivity index (χ3v) is 3.29. The Hall–Kier alpha value is -1.23. The van der Waals surface area contributed by atoms with Gasteiger partial charge in [0.25, 0.3) is 0 Å². The van der Waals surface area contributed by atoms with Crippen LogP contribution >= 0.6 is 0 Å². The first-order valence-electron chi connectivity index (χ1n) is 3.39. The van der Waals surface area contributed by atoms with Crippen LogP contribution in [0.2, 0.25) is 0 Å². The van der Waals surface area contributed by atoms with E-state index in [1.54, 1.807) is 6.07 Å². The van der Waals surface area contributed by atoms with Gasteiger partial charge in [-0.1, -0.05) is 0 Å². The van der Waals surface area contributed by atoms with Gasteiger partial charge in [0.15, 0.2) is 9.84 Å². The van der Waals surface area contributed by atoms with Gasteiger partial charge in [-0.3, -0.25) is 0 Å². The van der Waals surface area contributed by atoms with Crippen molar-refractivity contribution < 1.29 is 13.5 Å². The van der Waals surface area contributed by atoms with E-state index in [2.05, 4.69) is 5.32 Å². The fourth-order valence-corrected chi connectivity index (χ4v) is 2.44. The normalized spacial score (nSPS) is 18.3. The molecule has 5 heteroatoms. The first kappa shape index (κ1) is 7.42. The molecule has 1 aromatic rings. The third-order valence-electron chi connectivity index (χ3n) is 1.75. The highest BCUT2D eigenvalue weighted by Crippen LogP contribution is 2.31. The van der Waals surface area contributed by atoms with Crippen LogP contribution in [-0.4, -0.2) is 19.4 Å². The summed E-state index contributed by atoms with van der Waals surface area (Å²) in [5.74, 6) is -0.104. The standard InChI is InChI=1S/C7H7NO3S/c9-5-1-2-6-7(3-5)12(10,11)4-8-6/h1-3,8-9H,4H2. The van der Waals surface area contributed by atoms with Gasteiger partial charge in [0.05, 0.1) is 10.6 Å². The van der Waals surface area contributed by atoms with Gasteiger partial charge in [-0.25, -0.2) is 8.42 Å². The van der Waals surface area contributed by atoms with Crippen molar-refractivity contribution in [3.8, 4) is 5.75 Å². The molecule has 1 heterocycles. The maximum atomic E-state index is 11.2. The van der Waals surface area contributed by atoms with Crippen LogP contribution in [-0.2, 0) is 9.84 Å². The van der Waals surface area contributed by atoms with Gasteiger partial charge >= 0.3 is 0 Å². The van der Waals surface area contributed by atoms with Gasteiger partial charge < -0.3 is 10.4 Å². The predicted octanol–water partition coefficient (Wildman–Crippen LogP) is 0.549. The average Bonchev–Trinajstić information content (AvgIpc) is 2.28. The van der Waals surface area contributed by atoms with Gasteiger partial charge in [-0.05, 0) is 12.1 Å². The Morgan fingerprint density at radius 2 is 2.17 bits per heavy atom. The summed E-state index contributed by atoms with van der Waals surface area (Å²) >= 11 is 0. The Labute approximate surface area is 69.8 Å². The van der Waals surface area contributed by atoms with E-state index in [0.717, 1.165) is 0 Å². The molecule has 0 aliphatic carbocycles. The number of fused-ring (bicyclic) bond motifs is 1. The Morgan fingerprint density at radius 1 is 1.42 bits per heavy atom. The van der Waals surface area contributed by atoms with Crippen molar-refractivity contribution in [2.75, 3.05) is 11.2 Å². The maximum Gasteiger partial charge on any atom is 0.198 e. The number of benzene rings is 1. The number of phenols is 1. The van der Waals surface area contributed by atoms with Gasteiger partial charge in [-0.2, -0.15) is 0 Å². The number of hydrogen-bond donors (Lipinski definition) is 2. The summed E-state index contributed by atoms with van der Waals surface area (Å²) in [7, 11) is -3.20. The van der Waals surface area contributed by atoms with Crippen molar-refractivity contribution in [2.24, 2.45) is 0 Å². The molecule has 0 fully saturated rings. The average molecular weight is 185 g/mol. The molecule has 4 nitrogen and oxygen atoms in total. The molecule has 1 aliphatic rings. The van der Waals surface area contributed by atoms with Crippen molar-refractivity contribution in [1.82, 2.24) is 0 Å². The van der Waals surface area contributed by atoms with Crippen LogP contribution in [0.4, 0.5) is 5.69 Å². The van der Waals surface area contributed by atoms with Crippen molar-refractivity contribution in [3.63, 3.8) is 0 Å². The highest BCUT2D eigenvalue weighted by atomic mass is 32.2. The van der Waals surface area contributed by atoms with Crippen molar-refractivity contribution in [2.45, 2.75) is 4.90 Å². The number of phenolic OH excluding ortho intramolecular Hbond substituents is 1. The van der Waals surface area contributed by atoms with E-state index in [1.807, 2.05) is 0 Å². The van der Waals surface area contributed by atoms with Crippen molar-refractivity contribution >= 4 is 15.5 Å². The van der Waals surface area contributed by atoms with Crippen LogP contribution in [0.1, 0.15) is 0 Å². The summed E-state index contributed by atoms with van der Waals surface area (Å²) in [5, 5.41) is 11.8. The highest BCUT2D eigenvalue weighted by Gasteiger charge is 2.25. The molecule has 0 unspecified atom stereocenters. The number of anilines is 1. The van der Waals surface area contributed by atoms with Crippen LogP contribution in [0.3, 0.4) is 0 Å². The highest BCUT2D eigenvalue weighted by molar-refractivity contribution is 7.92. The molecule has 0 saturated heterocycles. The molecule has 0 spiro atoms. The quantitative estimate of drug-likeness (QED) is 0.579. The Balaban J connectivity index is 2.73. The SMILES string of the molecule is O=S1(=O)CNc2ccc(O)cc21. The summed E-state index contributed by atoms with van der Waals surface area (Å²) in [4.78, 5) is 0.183. The second-order valence-electron chi connectivity index (χ2n) is 2.62. The molecule has 0 saturated carbocycles. The number of rotatable bonds is 0. The summed E-state index contributed by atoms with van der Waals surface area (Å²) in [6, 6.07) is 4.26. The zero-order chi connectivity index (χ0) is 8.77. The molecule has 2 N–H and O–H groups in total. The number of hydrogen-bond acceptors (Lipinski definition) is 4. The minimum absolute atomic E-state index is 0.0268. The van der Waals surface area contributed by atoms with Crippen LogP contribution in [0.15, 0.2) is 23.1 Å². The molecule has 0 radical (unpaired) electrons. The molecule has 0 bridgehead atoms. The van der Waals surface area contributed by atoms with E-state index < -0.39 is 9.84 Å². The number of nitrogens with one attached hydrogen (secondary N) is 1. The van der Waals surface area contributed by atoms with Crippen molar-refractivity contribution in [3.05, 3.63) is 18.2 Å². The summed E-state index contributed by atoms with van der Waals surface area (Å²) in [5.41, 5.74) is 0.563. The molecule has 1 aliphatic heterocycles. The van der Waals surface area contributed by atoms with Crippen molar-refractivity contribution in [1.29, 1.82) is 0 Å². The lowest BCUT2D eigenvalue weighted by Crippen LogP contribution is -2.02. The van der Waals surface area contributed by atoms with Crippen LogP contribution in [0, 0.1) is 0 Å². The first-order valence-corrected chi connectivity index (χ1v) is 5.04. The number of sulfone groups is 1. The molecule has 64 valence electrons. The summed E-state index contributed by atoms with van der Waals surface area (Å²) in [6.07, 6.45) is 0. The minimum atomic E-state index is -3.20. The first-order chi connectivity index (χ1) is 5.59. The van der Waals surface area contributed by atoms with Crippen LogP contribution in [0.5, 0.6) is 5.75 Å². The van der Waals surface area contributed by atoms with E-state index in [4.69, 9.17) is 5.11 Å². The van der Waals surface area contributed by atoms with E-state index >= 15 is 0 Å². The molecule has 0 atom stereocenters. The fourth-order valence-electron chi connectivity index (χ4n) is 1.16. The Kier molecular flexibility index (Phi) is 1.32. The molecule has 2 rings (SSSR count). The fraction of sp³-hybridized carbons (Fsp3) is 0.143. The van der Waals surface area contributed by atoms with E-state index in [1.165, 1.54) is 12.1 Å². The molecular formula is C7H7NO3S. The second kappa shape index (κ2) is 2.13. The molecule has 12 heavy (non-hydrogen) atoms. The van der Waals surface area contributed by atoms with Crippen LogP contribution in [0.25, 0.3) is 0 Å². The molecule has 1 aromatic carbocycles. The maximum absolute atomic E-state index is 11.2. The zero-order valence-corrected chi connectivity index (χ0v) is 6.93. The van der Waals surface area contributed by atoms with Gasteiger partial charge in [0.2, 0.25) is 0 Å². The smallest absolute Gasteiger partial charge is 0.198 e. The largest absolute Gasteiger partial charge is 0.508 e. The number of aromatic hydroxyl groups is 1. The summed E-state index contributed by atoms with van der Waals surface area (Å²) < 4.78 is 22.5. The van der Waals surface area contributed by atoms with E-state index in [0.29, 0.717) is 5.69 Å². The van der Waals surface area contributed by atoms with E-state index in [-0.39, 0.29) is 16.5 Å². The van der Waals surface area contributed by atoms with Gasteiger partial charge in [-0.15, -0.1) is 0 Å². The third kappa shape index (κ3) is 0.937. The lowest BCUT2D eigenvalue weighted by atomic mass is 10.3. The Bertz CT molecular complexity index is 424. The van der Waals surface area contributed by atoms with Crippen LogP contribution < -0.4 is 5.32 Å². The Morgan fingerprint density at radius 3 is 2.92 bits per heavy atom. The van der Waals surface area contributed by atoms with Gasteiger partial charge in [0, 0.05) is 6.07 Å². The monoisotopic (exact) mass is 185 g/mol. The lowest BCUT2D eigenvalue weighted by molar-refractivity contribution is 0.473. The molecular weight excluding hydrogens is 178 g/mol.